The monoisotopic (exact) mass is 434 g/mol. The molecule has 3 rings (SSSR count). The van der Waals surface area contributed by atoms with Crippen LogP contribution in [0.25, 0.3) is 22.5 Å². The second-order valence-corrected chi connectivity index (χ2v) is 8.35. The zero-order chi connectivity index (χ0) is 22.6. The van der Waals surface area contributed by atoms with Gasteiger partial charge in [-0.2, -0.15) is 0 Å². The number of hydrogen-bond acceptors (Lipinski definition) is 3. The minimum atomic E-state index is -0.377. The third-order valence-corrected chi connectivity index (χ3v) is 5.66. The lowest BCUT2D eigenvalue weighted by molar-refractivity contribution is 0.301. The van der Waals surface area contributed by atoms with Gasteiger partial charge in [0.1, 0.15) is 0 Å². The normalized spacial score (nSPS) is 11.0. The lowest BCUT2D eigenvalue weighted by Gasteiger charge is -2.08. The second kappa shape index (κ2) is 12.9. The lowest BCUT2D eigenvalue weighted by atomic mass is 10.0. The van der Waals surface area contributed by atoms with Crippen molar-refractivity contribution in [3.8, 4) is 28.3 Å². The number of aromatic nitrogens is 2. The smallest absolute Gasteiger partial charge is 0.165 e. The third kappa shape index (κ3) is 7.15. The summed E-state index contributed by atoms with van der Waals surface area (Å²) >= 11 is 0. The van der Waals surface area contributed by atoms with Crippen LogP contribution in [0.4, 0.5) is 4.39 Å². The molecule has 2 aromatic carbocycles. The maximum Gasteiger partial charge on any atom is 0.165 e. The number of halogens is 1. The highest BCUT2D eigenvalue weighted by molar-refractivity contribution is 5.63. The van der Waals surface area contributed by atoms with Crippen molar-refractivity contribution in [1.82, 2.24) is 9.97 Å². The van der Waals surface area contributed by atoms with E-state index >= 15 is 0 Å². The van der Waals surface area contributed by atoms with Gasteiger partial charge in [-0.15, -0.1) is 0 Å². The van der Waals surface area contributed by atoms with E-state index in [0.717, 1.165) is 24.1 Å². The summed E-state index contributed by atoms with van der Waals surface area (Å²) in [6, 6.07) is 13.5. The number of unbranched alkanes of at least 4 members (excludes halogenated alkanes) is 6. The average Bonchev–Trinajstić information content (AvgIpc) is 2.83. The molecule has 4 heteroatoms. The summed E-state index contributed by atoms with van der Waals surface area (Å²) in [5.41, 5.74) is 4.56. The molecule has 3 aromatic rings. The minimum Gasteiger partial charge on any atom is -0.491 e. The zero-order valence-corrected chi connectivity index (χ0v) is 19.4. The number of benzene rings is 2. The van der Waals surface area contributed by atoms with Crippen LogP contribution in [0.1, 0.15) is 70.8 Å². The number of aryl methyl sites for hydroxylation is 1. The quantitative estimate of drug-likeness (QED) is 0.255. The molecule has 3 nitrogen and oxygen atoms in total. The van der Waals surface area contributed by atoms with Crippen LogP contribution in [0.5, 0.6) is 5.75 Å². The van der Waals surface area contributed by atoms with Crippen LogP contribution in [0.2, 0.25) is 0 Å². The van der Waals surface area contributed by atoms with Crippen LogP contribution in [0.3, 0.4) is 0 Å². The van der Waals surface area contributed by atoms with Gasteiger partial charge in [-0.25, -0.2) is 4.39 Å². The van der Waals surface area contributed by atoms with Gasteiger partial charge in [0.2, 0.25) is 0 Å². The molecule has 0 saturated heterocycles. The summed E-state index contributed by atoms with van der Waals surface area (Å²) < 4.78 is 19.7. The number of rotatable bonds is 13. The predicted octanol–water partition coefficient (Wildman–Crippen LogP) is 8.03. The van der Waals surface area contributed by atoms with Gasteiger partial charge in [-0.05, 0) is 43.0 Å². The molecule has 0 aliphatic heterocycles. The Kier molecular flexibility index (Phi) is 9.67. The van der Waals surface area contributed by atoms with E-state index in [1.807, 2.05) is 13.0 Å². The molecule has 0 spiro atoms. The Balaban J connectivity index is 1.54. The van der Waals surface area contributed by atoms with Crippen LogP contribution < -0.4 is 4.74 Å². The Labute approximate surface area is 192 Å². The molecule has 0 N–H and O–H groups in total. The van der Waals surface area contributed by atoms with Crippen molar-refractivity contribution in [3.63, 3.8) is 0 Å². The fourth-order valence-electron chi connectivity index (χ4n) is 3.74. The van der Waals surface area contributed by atoms with E-state index in [0.29, 0.717) is 17.9 Å². The fraction of sp³-hybridized carbons (Fsp3) is 0.429. The van der Waals surface area contributed by atoms with Crippen molar-refractivity contribution >= 4 is 0 Å². The first-order valence-electron chi connectivity index (χ1n) is 12.0. The summed E-state index contributed by atoms with van der Waals surface area (Å²) in [5, 5.41) is 0. The Morgan fingerprint density at radius 1 is 0.719 bits per heavy atom. The zero-order valence-electron chi connectivity index (χ0n) is 19.4. The Morgan fingerprint density at radius 2 is 1.34 bits per heavy atom. The molecule has 0 unspecified atom stereocenters. The summed E-state index contributed by atoms with van der Waals surface area (Å²) in [5.74, 6) is -0.102. The standard InChI is InChI=1S/C28H35FN2O/c1-3-5-6-7-8-9-10-11-22-12-14-23(15-13-22)26-20-31-27(21-30-26)24-16-17-28(25(29)19-24)32-18-4-2/h12-17,19-21H,3-11,18H2,1-2H3. The molecular formula is C28H35FN2O. The lowest BCUT2D eigenvalue weighted by Crippen LogP contribution is -1.98. The number of hydrogen-bond donors (Lipinski definition) is 0. The van der Waals surface area contributed by atoms with Crippen molar-refractivity contribution in [2.45, 2.75) is 71.6 Å². The van der Waals surface area contributed by atoms with Gasteiger partial charge in [-0.3, -0.25) is 9.97 Å². The summed E-state index contributed by atoms with van der Waals surface area (Å²) in [7, 11) is 0. The summed E-state index contributed by atoms with van der Waals surface area (Å²) in [4.78, 5) is 9.05. The molecule has 170 valence electrons. The van der Waals surface area contributed by atoms with Crippen molar-refractivity contribution in [2.75, 3.05) is 6.61 Å². The highest BCUT2D eigenvalue weighted by Gasteiger charge is 2.08. The van der Waals surface area contributed by atoms with Crippen LogP contribution in [0.15, 0.2) is 54.9 Å². The van der Waals surface area contributed by atoms with Crippen LogP contribution >= 0.6 is 0 Å². The van der Waals surface area contributed by atoms with Gasteiger partial charge in [0.25, 0.3) is 0 Å². The molecule has 32 heavy (non-hydrogen) atoms. The molecule has 1 heterocycles. The topological polar surface area (TPSA) is 35.0 Å². The van der Waals surface area contributed by atoms with E-state index in [-0.39, 0.29) is 11.6 Å². The van der Waals surface area contributed by atoms with Crippen molar-refractivity contribution in [3.05, 3.63) is 66.2 Å². The summed E-state index contributed by atoms with van der Waals surface area (Å²) in [6.07, 6.45) is 14.7. The largest absolute Gasteiger partial charge is 0.491 e. The molecule has 0 fully saturated rings. The van der Waals surface area contributed by atoms with Gasteiger partial charge < -0.3 is 4.74 Å². The van der Waals surface area contributed by atoms with Gasteiger partial charge >= 0.3 is 0 Å². The first kappa shape index (κ1) is 23.9. The number of nitrogens with zero attached hydrogens (tertiary/aromatic N) is 2. The van der Waals surface area contributed by atoms with E-state index in [2.05, 4.69) is 41.2 Å². The molecule has 1 aromatic heterocycles. The second-order valence-electron chi connectivity index (χ2n) is 8.35. The Morgan fingerprint density at radius 3 is 1.97 bits per heavy atom. The fourth-order valence-corrected chi connectivity index (χ4v) is 3.74. The highest BCUT2D eigenvalue weighted by Crippen LogP contribution is 2.25. The molecule has 0 amide bonds. The molecule has 0 aliphatic rings. The molecule has 0 aliphatic carbocycles. The maximum atomic E-state index is 14.2. The first-order valence-corrected chi connectivity index (χ1v) is 12.0. The van der Waals surface area contributed by atoms with Crippen molar-refractivity contribution in [1.29, 1.82) is 0 Å². The van der Waals surface area contributed by atoms with Crippen LogP contribution in [-0.2, 0) is 6.42 Å². The predicted molar refractivity (Wildman–Crippen MR) is 130 cm³/mol. The van der Waals surface area contributed by atoms with Gasteiger partial charge in [0, 0.05) is 11.1 Å². The van der Waals surface area contributed by atoms with Crippen molar-refractivity contribution < 1.29 is 9.13 Å². The van der Waals surface area contributed by atoms with E-state index in [1.165, 1.54) is 56.6 Å². The van der Waals surface area contributed by atoms with Crippen LogP contribution in [-0.4, -0.2) is 16.6 Å². The number of ether oxygens (including phenoxy) is 1. The van der Waals surface area contributed by atoms with E-state index in [4.69, 9.17) is 4.74 Å². The van der Waals surface area contributed by atoms with Gasteiger partial charge in [0.05, 0.1) is 30.4 Å². The first-order chi connectivity index (χ1) is 15.7. The molecular weight excluding hydrogens is 399 g/mol. The van der Waals surface area contributed by atoms with E-state index in [1.54, 1.807) is 18.5 Å². The van der Waals surface area contributed by atoms with E-state index < -0.39 is 0 Å². The van der Waals surface area contributed by atoms with E-state index in [9.17, 15) is 4.39 Å². The molecule has 0 bridgehead atoms. The van der Waals surface area contributed by atoms with Crippen molar-refractivity contribution in [2.24, 2.45) is 0 Å². The molecule has 0 atom stereocenters. The molecule has 0 radical (unpaired) electrons. The Bertz CT molecular complexity index is 939. The minimum absolute atomic E-state index is 0.275. The maximum absolute atomic E-state index is 14.2. The SMILES string of the molecule is CCCCCCCCCc1ccc(-c2cnc(-c3ccc(OCCC)c(F)c3)cn2)cc1. The average molecular weight is 435 g/mol. The summed E-state index contributed by atoms with van der Waals surface area (Å²) in [6.45, 7) is 4.75. The van der Waals surface area contributed by atoms with Gasteiger partial charge in [-0.1, -0.05) is 76.6 Å². The van der Waals surface area contributed by atoms with Gasteiger partial charge in [0.15, 0.2) is 11.6 Å². The third-order valence-electron chi connectivity index (χ3n) is 5.66. The van der Waals surface area contributed by atoms with Crippen LogP contribution in [0, 0.1) is 5.82 Å². The Hall–Kier alpha value is -2.75. The highest BCUT2D eigenvalue weighted by atomic mass is 19.1. The molecule has 0 saturated carbocycles.